The van der Waals surface area contributed by atoms with Gasteiger partial charge in [-0.25, -0.2) is 0 Å². The molecule has 0 rings (SSSR count). The molecule has 0 amide bonds. The molecular weight excluding hydrogens is 470 g/mol. The summed E-state index contributed by atoms with van der Waals surface area (Å²) in [7, 11) is 0. The van der Waals surface area contributed by atoms with E-state index in [4.69, 9.17) is 24.9 Å². The minimum Gasteiger partial charge on any atom is 2.00 e. The summed E-state index contributed by atoms with van der Waals surface area (Å²) < 4.78 is 52.4. The van der Waals surface area contributed by atoms with Crippen LogP contribution in [0.4, 0.5) is 9.05 Å². The molecular formula is H2F2Ge2O5Pb. The maximum absolute atomic E-state index is 9.12. The van der Waals surface area contributed by atoms with Crippen molar-refractivity contribution in [1.82, 2.24) is 0 Å². The molecule has 0 aliphatic carbocycles. The quantitative estimate of drug-likeness (QED) is 0.341. The standard InChI is InChI=1S/F2O.2GeHO2.Pb/c1-3-2;2*2-1-3;/h;2*1H;/q;2*-1;+2. The van der Waals surface area contributed by atoms with Crippen LogP contribution in [0.2, 0.25) is 0 Å². The predicted octanol–water partition coefficient (Wildman–Crippen LogP) is -3.52. The van der Waals surface area contributed by atoms with E-state index in [0.717, 1.165) is 0 Å². The van der Waals surface area contributed by atoms with Crippen LogP contribution in [0.5, 0.6) is 0 Å². The van der Waals surface area contributed by atoms with E-state index in [0.29, 0.717) is 0 Å². The summed E-state index contributed by atoms with van der Waals surface area (Å²) in [5, 5.41) is 1.25. The van der Waals surface area contributed by atoms with E-state index >= 15 is 0 Å². The van der Waals surface area contributed by atoms with Crippen molar-refractivity contribution < 1.29 is 30.0 Å². The fraction of sp³-hybridized carbons (Fsp3) is 0. The Morgan fingerprint density at radius 2 is 1.10 bits per heavy atom. The van der Waals surface area contributed by atoms with Gasteiger partial charge in [-0.15, -0.1) is 0 Å². The molecule has 5 nitrogen and oxygen atoms in total. The molecule has 0 bridgehead atoms. The van der Waals surface area contributed by atoms with Gasteiger partial charge in [-0.1, -0.05) is 0 Å². The molecule has 2 radical (unpaired) electrons. The molecule has 0 aromatic carbocycles. The molecule has 10 heteroatoms. The Morgan fingerprint density at radius 3 is 1.10 bits per heavy atom. The van der Waals surface area contributed by atoms with Gasteiger partial charge in [0, 0.05) is 5.15 Å². The molecule has 0 saturated heterocycles. The Labute approximate surface area is 88.2 Å². The first kappa shape index (κ1) is 22.5. The van der Waals surface area contributed by atoms with Crippen LogP contribution in [0.1, 0.15) is 0 Å². The largest absolute Gasteiger partial charge is 2.00 e. The molecule has 10 heavy (non-hydrogen) atoms. The Balaban J connectivity index is -0.0000000257. The molecule has 0 N–H and O–H groups in total. The van der Waals surface area contributed by atoms with Crippen LogP contribution in [0.25, 0.3) is 0 Å². The normalized spacial score (nSPS) is 4.20. The van der Waals surface area contributed by atoms with Crippen molar-refractivity contribution in [3.8, 4) is 0 Å². The topological polar surface area (TPSA) is 89.5 Å². The van der Waals surface area contributed by atoms with E-state index in [1.807, 2.05) is 0 Å². The van der Waals surface area contributed by atoms with Gasteiger partial charge in [-0.2, -0.15) is 0 Å². The first-order chi connectivity index (χ1) is 4.24. The van der Waals surface area contributed by atoms with Gasteiger partial charge in [0.1, 0.15) is 0 Å². The smallest absolute Gasteiger partial charge is 2.00 e. The van der Waals surface area contributed by atoms with Gasteiger partial charge in [-0.05, 0) is 9.05 Å². The summed E-state index contributed by atoms with van der Waals surface area (Å²) in [5.41, 5.74) is 0. The molecule has 0 unspecified atom stereocenters. The molecule has 0 spiro atoms. The van der Waals surface area contributed by atoms with Crippen LogP contribution in [0.3, 0.4) is 0 Å². The third-order valence-electron chi connectivity index (χ3n) is 0. The molecule has 0 atom stereocenters. The number of hydrogen-bond acceptors (Lipinski definition) is 5. The van der Waals surface area contributed by atoms with Crippen LogP contribution in [0.15, 0.2) is 0 Å². The van der Waals surface area contributed by atoms with E-state index < -0.39 is 31.4 Å². The predicted molar refractivity (Wildman–Crippen MR) is 24.7 cm³/mol. The second-order valence-electron chi connectivity index (χ2n) is 0.251. The molecule has 0 aromatic heterocycles. The Bertz CT molecular complexity index is 46.9. The third-order valence-corrected chi connectivity index (χ3v) is 0. The molecule has 0 aromatic rings. The van der Waals surface area contributed by atoms with Gasteiger partial charge in [0.25, 0.3) is 0 Å². The SMILES string of the molecule is FOF.[O]=[GeH][O-].[O]=[GeH][O-].[Pb+2]. The van der Waals surface area contributed by atoms with Gasteiger partial charge >= 0.3 is 74.5 Å². The van der Waals surface area contributed by atoms with Gasteiger partial charge in [0.15, 0.2) is 0 Å². The molecule has 0 heterocycles. The molecule has 58 valence electrons. The van der Waals surface area contributed by atoms with Crippen molar-refractivity contribution in [3.05, 3.63) is 0 Å². The zero-order chi connectivity index (χ0) is 8.12. The van der Waals surface area contributed by atoms with E-state index in [2.05, 4.69) is 0 Å². The summed E-state index contributed by atoms with van der Waals surface area (Å²) in [6.45, 7) is 0. The summed E-state index contributed by atoms with van der Waals surface area (Å²) in [6, 6.07) is 0. The first-order valence-electron chi connectivity index (χ1n) is 1.25. The fourth-order valence-electron chi connectivity index (χ4n) is 0. The van der Waals surface area contributed by atoms with Gasteiger partial charge in [0.05, 0.1) is 0 Å². The molecule has 0 fully saturated rings. The molecule has 0 aliphatic heterocycles. The van der Waals surface area contributed by atoms with Gasteiger partial charge in [-0.3, -0.25) is 0 Å². The van der Waals surface area contributed by atoms with E-state index in [-0.39, 0.29) is 27.3 Å². The Hall–Kier alpha value is 1.03. The maximum Gasteiger partial charge on any atom is 2.00 e. The average Bonchev–Trinajstić information content (AvgIpc) is 1.70. The summed E-state index contributed by atoms with van der Waals surface area (Å²) in [4.78, 5) is 0. The number of rotatable bonds is 0. The van der Waals surface area contributed by atoms with Crippen molar-refractivity contribution in [3.63, 3.8) is 0 Å². The van der Waals surface area contributed by atoms with Crippen molar-refractivity contribution in [1.29, 1.82) is 0 Å². The van der Waals surface area contributed by atoms with Crippen LogP contribution in [-0.4, -0.2) is 58.7 Å². The van der Waals surface area contributed by atoms with Crippen LogP contribution in [0, 0.1) is 0 Å². The van der Waals surface area contributed by atoms with Crippen LogP contribution in [-0.2, 0) is 12.7 Å². The summed E-state index contributed by atoms with van der Waals surface area (Å²) in [6.07, 6.45) is 0. The summed E-state index contributed by atoms with van der Waals surface area (Å²) >= 11 is -4.38. The monoisotopic (exact) mass is 476 g/mol. The van der Waals surface area contributed by atoms with Crippen LogP contribution >= 0.6 is 0 Å². The first-order valence-corrected chi connectivity index (χ1v) is 5.21. The van der Waals surface area contributed by atoms with Crippen molar-refractivity contribution in [2.45, 2.75) is 0 Å². The Kier molecular flexibility index (Phi) is 113. The van der Waals surface area contributed by atoms with Gasteiger partial charge in [0.2, 0.25) is 0 Å². The molecule has 0 saturated carbocycles. The Morgan fingerprint density at radius 1 is 1.10 bits per heavy atom. The van der Waals surface area contributed by atoms with Crippen molar-refractivity contribution >= 4 is 58.7 Å². The second kappa shape index (κ2) is 50.4. The van der Waals surface area contributed by atoms with Crippen molar-refractivity contribution in [2.75, 3.05) is 0 Å². The van der Waals surface area contributed by atoms with Crippen LogP contribution < -0.4 is 8.27 Å². The zero-order valence-corrected chi connectivity index (χ0v) is 13.2. The number of halogens is 2. The van der Waals surface area contributed by atoms with E-state index in [9.17, 15) is 0 Å². The minimum absolute atomic E-state index is 0. The minimum atomic E-state index is -2.19. The zero-order valence-electron chi connectivity index (χ0n) is 4.45. The fourth-order valence-corrected chi connectivity index (χ4v) is 0. The summed E-state index contributed by atoms with van der Waals surface area (Å²) in [5.74, 6) is 0. The number of hydrogen-bond donors (Lipinski definition) is 0. The average molecular weight is 472 g/mol. The van der Waals surface area contributed by atoms with Gasteiger partial charge < -0.3 is 0 Å². The molecule has 0 aliphatic rings. The second-order valence-corrected chi connectivity index (χ2v) is 1.06. The van der Waals surface area contributed by atoms with Crippen molar-refractivity contribution in [2.24, 2.45) is 0 Å². The van der Waals surface area contributed by atoms with E-state index in [1.165, 1.54) is 5.15 Å². The third kappa shape index (κ3) is 551. The van der Waals surface area contributed by atoms with E-state index in [1.54, 1.807) is 0 Å². The maximum atomic E-state index is 9.12.